The first kappa shape index (κ1) is 15.3. The number of hydrogen-bond acceptors (Lipinski definition) is 2. The van der Waals surface area contributed by atoms with Crippen LogP contribution >= 0.6 is 27.5 Å². The van der Waals surface area contributed by atoms with Crippen molar-refractivity contribution in [2.75, 3.05) is 14.2 Å². The second-order valence-electron chi connectivity index (χ2n) is 4.25. The van der Waals surface area contributed by atoms with Crippen molar-refractivity contribution in [2.24, 2.45) is 0 Å². The van der Waals surface area contributed by atoms with E-state index in [-0.39, 0.29) is 11.9 Å². The molecule has 1 N–H and O–H groups in total. The van der Waals surface area contributed by atoms with Crippen LogP contribution in [0.4, 0.5) is 4.39 Å². The Hall–Kier alpha value is -1.10. The van der Waals surface area contributed by atoms with Crippen molar-refractivity contribution in [3.8, 4) is 5.75 Å². The topological polar surface area (TPSA) is 21.3 Å². The van der Waals surface area contributed by atoms with Gasteiger partial charge >= 0.3 is 0 Å². The molecule has 0 radical (unpaired) electrons. The highest BCUT2D eigenvalue weighted by molar-refractivity contribution is 9.10. The average molecular weight is 359 g/mol. The summed E-state index contributed by atoms with van der Waals surface area (Å²) in [6.07, 6.45) is 0. The Bertz CT molecular complexity index is 601. The van der Waals surface area contributed by atoms with Crippen molar-refractivity contribution < 1.29 is 9.13 Å². The molecule has 0 saturated carbocycles. The Kier molecular flexibility index (Phi) is 5.02. The highest BCUT2D eigenvalue weighted by Crippen LogP contribution is 2.34. The van der Waals surface area contributed by atoms with E-state index < -0.39 is 0 Å². The number of methoxy groups -OCH3 is 1. The summed E-state index contributed by atoms with van der Waals surface area (Å²) in [5.74, 6) is 0.296. The fourth-order valence-electron chi connectivity index (χ4n) is 2.12. The first-order valence-electron chi connectivity index (χ1n) is 6.03. The van der Waals surface area contributed by atoms with Crippen molar-refractivity contribution in [3.05, 3.63) is 62.8 Å². The summed E-state index contributed by atoms with van der Waals surface area (Å²) >= 11 is 9.42. The van der Waals surface area contributed by atoms with Crippen molar-refractivity contribution in [1.82, 2.24) is 5.32 Å². The van der Waals surface area contributed by atoms with Crippen LogP contribution < -0.4 is 10.1 Å². The maximum absolute atomic E-state index is 14.1. The van der Waals surface area contributed by atoms with Crippen molar-refractivity contribution >= 4 is 27.5 Å². The highest BCUT2D eigenvalue weighted by Gasteiger charge is 2.20. The molecule has 5 heteroatoms. The molecule has 0 amide bonds. The van der Waals surface area contributed by atoms with Gasteiger partial charge in [-0.2, -0.15) is 0 Å². The van der Waals surface area contributed by atoms with E-state index in [4.69, 9.17) is 16.3 Å². The zero-order chi connectivity index (χ0) is 14.7. The third kappa shape index (κ3) is 2.97. The summed E-state index contributed by atoms with van der Waals surface area (Å²) in [7, 11) is 3.34. The van der Waals surface area contributed by atoms with E-state index in [9.17, 15) is 4.39 Å². The highest BCUT2D eigenvalue weighted by atomic mass is 79.9. The molecule has 20 heavy (non-hydrogen) atoms. The average Bonchev–Trinajstić information content (AvgIpc) is 2.44. The van der Waals surface area contributed by atoms with E-state index in [1.165, 1.54) is 6.07 Å². The normalized spacial score (nSPS) is 12.2. The maximum Gasteiger partial charge on any atom is 0.137 e. The lowest BCUT2D eigenvalue weighted by Gasteiger charge is -2.20. The first-order chi connectivity index (χ1) is 9.58. The van der Waals surface area contributed by atoms with Gasteiger partial charge in [0.2, 0.25) is 0 Å². The van der Waals surface area contributed by atoms with E-state index in [1.807, 2.05) is 18.2 Å². The van der Waals surface area contributed by atoms with Crippen molar-refractivity contribution in [3.63, 3.8) is 0 Å². The predicted molar refractivity (Wildman–Crippen MR) is 83.0 cm³/mol. The van der Waals surface area contributed by atoms with Gasteiger partial charge in [-0.1, -0.05) is 39.7 Å². The Balaban J connectivity index is 2.53. The van der Waals surface area contributed by atoms with E-state index in [0.717, 1.165) is 5.56 Å². The van der Waals surface area contributed by atoms with Gasteiger partial charge in [0.1, 0.15) is 11.6 Å². The van der Waals surface area contributed by atoms with Crippen LogP contribution in [0.15, 0.2) is 40.9 Å². The molecule has 2 nitrogen and oxygen atoms in total. The van der Waals surface area contributed by atoms with Crippen LogP contribution in [0.1, 0.15) is 17.2 Å². The molecule has 0 saturated heterocycles. The molecule has 0 aromatic heterocycles. The predicted octanol–water partition coefficient (Wildman–Crippen LogP) is 4.56. The summed E-state index contributed by atoms with van der Waals surface area (Å²) in [5, 5.41) is 3.65. The minimum atomic E-state index is -0.295. The van der Waals surface area contributed by atoms with Crippen LogP contribution in [-0.2, 0) is 0 Å². The van der Waals surface area contributed by atoms with Crippen LogP contribution in [0.2, 0.25) is 5.02 Å². The Morgan fingerprint density at radius 2 is 2.05 bits per heavy atom. The van der Waals surface area contributed by atoms with Crippen LogP contribution in [-0.4, -0.2) is 14.2 Å². The second-order valence-corrected chi connectivity index (χ2v) is 5.51. The van der Waals surface area contributed by atoms with E-state index >= 15 is 0 Å². The molecule has 0 aliphatic carbocycles. The molecular weight excluding hydrogens is 345 g/mol. The maximum atomic E-state index is 14.1. The summed E-state index contributed by atoms with van der Waals surface area (Å²) < 4.78 is 20.0. The fraction of sp³-hybridized carbons (Fsp3) is 0.200. The molecule has 2 aromatic carbocycles. The van der Waals surface area contributed by atoms with Gasteiger partial charge in [-0.15, -0.1) is 0 Å². The minimum absolute atomic E-state index is 0.271. The van der Waals surface area contributed by atoms with E-state index in [1.54, 1.807) is 26.3 Å². The zero-order valence-corrected chi connectivity index (χ0v) is 13.4. The van der Waals surface area contributed by atoms with E-state index in [2.05, 4.69) is 21.2 Å². The lowest BCUT2D eigenvalue weighted by atomic mass is 9.98. The smallest absolute Gasteiger partial charge is 0.137 e. The van der Waals surface area contributed by atoms with Gasteiger partial charge in [-0.3, -0.25) is 0 Å². The molecule has 2 aromatic rings. The van der Waals surface area contributed by atoms with Crippen LogP contribution in [0.5, 0.6) is 5.75 Å². The van der Waals surface area contributed by atoms with Gasteiger partial charge in [0.05, 0.1) is 18.2 Å². The van der Waals surface area contributed by atoms with Gasteiger partial charge in [0.25, 0.3) is 0 Å². The summed E-state index contributed by atoms with van der Waals surface area (Å²) in [4.78, 5) is 0. The molecule has 0 aliphatic heterocycles. The van der Waals surface area contributed by atoms with Crippen molar-refractivity contribution in [1.29, 1.82) is 0 Å². The monoisotopic (exact) mass is 357 g/mol. The molecule has 0 fully saturated rings. The third-order valence-electron chi connectivity index (χ3n) is 3.09. The lowest BCUT2D eigenvalue weighted by molar-refractivity contribution is 0.414. The van der Waals surface area contributed by atoms with Crippen LogP contribution in [0.3, 0.4) is 0 Å². The quantitative estimate of drug-likeness (QED) is 0.865. The number of rotatable bonds is 4. The summed E-state index contributed by atoms with van der Waals surface area (Å²) in [5.41, 5.74) is 1.43. The van der Waals surface area contributed by atoms with Gasteiger partial charge in [-0.05, 0) is 36.9 Å². The molecule has 0 heterocycles. The van der Waals surface area contributed by atoms with Gasteiger partial charge in [-0.25, -0.2) is 4.39 Å². The molecule has 0 spiro atoms. The second kappa shape index (κ2) is 6.57. The largest absolute Gasteiger partial charge is 0.495 e. The van der Waals surface area contributed by atoms with Gasteiger partial charge in [0, 0.05) is 10.0 Å². The number of nitrogens with one attached hydrogen (secondary N) is 1. The molecule has 1 unspecified atom stereocenters. The number of ether oxygens (including phenoxy) is 1. The molecule has 2 rings (SSSR count). The van der Waals surface area contributed by atoms with Gasteiger partial charge < -0.3 is 10.1 Å². The van der Waals surface area contributed by atoms with Crippen molar-refractivity contribution in [2.45, 2.75) is 6.04 Å². The summed E-state index contributed by atoms with van der Waals surface area (Å²) in [6, 6.07) is 10.0. The molecule has 1 atom stereocenters. The van der Waals surface area contributed by atoms with E-state index in [0.29, 0.717) is 20.8 Å². The number of benzene rings is 2. The van der Waals surface area contributed by atoms with Crippen LogP contribution in [0, 0.1) is 5.82 Å². The number of hydrogen-bond donors (Lipinski definition) is 1. The van der Waals surface area contributed by atoms with Gasteiger partial charge in [0.15, 0.2) is 0 Å². The van der Waals surface area contributed by atoms with Crippen LogP contribution in [0.25, 0.3) is 0 Å². The summed E-state index contributed by atoms with van der Waals surface area (Å²) in [6.45, 7) is 0. The fourth-order valence-corrected chi connectivity index (χ4v) is 2.89. The molecule has 0 aliphatic rings. The minimum Gasteiger partial charge on any atom is -0.495 e. The zero-order valence-electron chi connectivity index (χ0n) is 11.1. The lowest BCUT2D eigenvalue weighted by Crippen LogP contribution is -2.19. The third-order valence-corrected chi connectivity index (χ3v) is 4.09. The SMILES string of the molecule is CNC(c1ccc(Cl)c(OC)c1)c1c(F)cccc1Br. The molecule has 0 bridgehead atoms. The first-order valence-corrected chi connectivity index (χ1v) is 7.20. The molecule has 106 valence electrons. The Labute approximate surface area is 131 Å². The Morgan fingerprint density at radius 3 is 2.65 bits per heavy atom. The Morgan fingerprint density at radius 1 is 1.30 bits per heavy atom. The standard InChI is InChI=1S/C15H14BrClFNO/c1-19-15(14-10(16)4-3-5-12(14)18)9-6-7-11(17)13(8-9)20-2/h3-8,15,19H,1-2H3. The number of halogens is 3. The molecular formula is C15H14BrClFNO.